The van der Waals surface area contributed by atoms with Gasteiger partial charge in [-0.1, -0.05) is 12.8 Å². The summed E-state index contributed by atoms with van der Waals surface area (Å²) in [5, 5.41) is 0. The predicted octanol–water partition coefficient (Wildman–Crippen LogP) is 2.14. The molecule has 2 heterocycles. The third kappa shape index (κ3) is 4.28. The smallest absolute Gasteiger partial charge is 0.209 e. The van der Waals surface area contributed by atoms with Crippen LogP contribution in [0.25, 0.3) is 0 Å². The summed E-state index contributed by atoms with van der Waals surface area (Å²) in [4.78, 5) is 8.06. The lowest BCUT2D eigenvalue weighted by molar-refractivity contribution is 0.135. The highest BCUT2D eigenvalue weighted by Crippen LogP contribution is 2.41. The fourth-order valence-electron chi connectivity index (χ4n) is 3.44. The summed E-state index contributed by atoms with van der Waals surface area (Å²) in [5.74, 6) is 0.726. The number of hydrogen-bond donors (Lipinski definition) is 1. The van der Waals surface area contributed by atoms with Crippen molar-refractivity contribution in [3.05, 3.63) is 16.1 Å². The molecular weight excluding hydrogens is 318 g/mol. The molecule has 3 rings (SSSR count). The Morgan fingerprint density at radius 3 is 2.59 bits per heavy atom. The van der Waals surface area contributed by atoms with Crippen molar-refractivity contribution in [1.82, 2.24) is 14.6 Å². The monoisotopic (exact) mass is 343 g/mol. The van der Waals surface area contributed by atoms with E-state index in [1.165, 1.54) is 24.0 Å². The van der Waals surface area contributed by atoms with Crippen molar-refractivity contribution in [2.24, 2.45) is 5.92 Å². The van der Waals surface area contributed by atoms with Crippen molar-refractivity contribution in [2.45, 2.75) is 51.1 Å². The van der Waals surface area contributed by atoms with Gasteiger partial charge in [-0.2, -0.15) is 0 Å². The SMILES string of the molecule is Cc1ncsc1CN1CCC(CC2CC2)(NS(C)(=O)=O)CC1. The molecule has 1 saturated carbocycles. The normalized spacial score (nSPS) is 22.8. The van der Waals surface area contributed by atoms with Gasteiger partial charge in [-0.15, -0.1) is 11.3 Å². The van der Waals surface area contributed by atoms with Gasteiger partial charge in [-0.25, -0.2) is 18.1 Å². The Labute approximate surface area is 137 Å². The molecule has 0 bridgehead atoms. The van der Waals surface area contributed by atoms with Crippen LogP contribution in [0.2, 0.25) is 0 Å². The van der Waals surface area contributed by atoms with E-state index in [2.05, 4.69) is 21.5 Å². The summed E-state index contributed by atoms with van der Waals surface area (Å²) in [6.45, 7) is 4.90. The van der Waals surface area contributed by atoms with Crippen LogP contribution < -0.4 is 4.72 Å². The van der Waals surface area contributed by atoms with Gasteiger partial charge in [0.25, 0.3) is 0 Å². The van der Waals surface area contributed by atoms with Gasteiger partial charge in [-0.05, 0) is 32.1 Å². The Morgan fingerprint density at radius 2 is 2.09 bits per heavy atom. The number of thiazole rings is 1. The van der Waals surface area contributed by atoms with Crippen LogP contribution in [0.3, 0.4) is 0 Å². The molecule has 2 fully saturated rings. The van der Waals surface area contributed by atoms with E-state index in [4.69, 9.17) is 0 Å². The number of aryl methyl sites for hydroxylation is 1. The molecule has 1 N–H and O–H groups in total. The highest BCUT2D eigenvalue weighted by Gasteiger charge is 2.41. The first-order valence-electron chi connectivity index (χ1n) is 7.95. The minimum Gasteiger partial charge on any atom is -0.298 e. The maximum atomic E-state index is 11.8. The number of hydrogen-bond acceptors (Lipinski definition) is 5. The maximum absolute atomic E-state index is 11.8. The van der Waals surface area contributed by atoms with Gasteiger partial charge in [0.2, 0.25) is 10.0 Å². The molecular formula is C15H25N3O2S2. The molecule has 0 radical (unpaired) electrons. The van der Waals surface area contributed by atoms with Crippen LogP contribution in [0.5, 0.6) is 0 Å². The zero-order valence-corrected chi connectivity index (χ0v) is 15.0. The summed E-state index contributed by atoms with van der Waals surface area (Å²) in [6, 6.07) is 0. The lowest BCUT2D eigenvalue weighted by Crippen LogP contribution is -2.55. The number of aromatic nitrogens is 1. The highest BCUT2D eigenvalue weighted by molar-refractivity contribution is 7.88. The largest absolute Gasteiger partial charge is 0.298 e. The second kappa shape index (κ2) is 6.19. The number of nitrogens with zero attached hydrogens (tertiary/aromatic N) is 2. The fraction of sp³-hybridized carbons (Fsp3) is 0.800. The van der Waals surface area contributed by atoms with E-state index in [1.54, 1.807) is 11.3 Å². The van der Waals surface area contributed by atoms with Gasteiger partial charge in [0, 0.05) is 30.1 Å². The van der Waals surface area contributed by atoms with Crippen molar-refractivity contribution in [3.63, 3.8) is 0 Å². The predicted molar refractivity (Wildman–Crippen MR) is 89.4 cm³/mol. The summed E-state index contributed by atoms with van der Waals surface area (Å²) in [5.41, 5.74) is 2.81. The molecule has 0 amide bonds. The molecule has 0 unspecified atom stereocenters. The van der Waals surface area contributed by atoms with E-state index in [1.807, 2.05) is 5.51 Å². The molecule has 2 aliphatic rings. The van der Waals surface area contributed by atoms with E-state index in [0.717, 1.165) is 50.5 Å². The zero-order valence-electron chi connectivity index (χ0n) is 13.3. The van der Waals surface area contributed by atoms with Crippen LogP contribution in [0.15, 0.2) is 5.51 Å². The number of nitrogens with one attached hydrogen (secondary N) is 1. The Balaban J connectivity index is 1.62. The molecule has 124 valence electrons. The number of likely N-dealkylation sites (tertiary alicyclic amines) is 1. The molecule has 7 heteroatoms. The minimum absolute atomic E-state index is 0.214. The first-order chi connectivity index (χ1) is 10.4. The van der Waals surface area contributed by atoms with E-state index in [0.29, 0.717) is 0 Å². The third-order valence-corrected chi connectivity index (χ3v) is 6.53. The van der Waals surface area contributed by atoms with Crippen molar-refractivity contribution >= 4 is 21.4 Å². The van der Waals surface area contributed by atoms with Crippen LogP contribution in [-0.4, -0.2) is 43.2 Å². The lowest BCUT2D eigenvalue weighted by Gasteiger charge is -2.42. The fourth-order valence-corrected chi connectivity index (χ4v) is 5.33. The van der Waals surface area contributed by atoms with Crippen LogP contribution in [0.1, 0.15) is 42.7 Å². The Morgan fingerprint density at radius 1 is 1.41 bits per heavy atom. The second-order valence-electron chi connectivity index (χ2n) is 6.94. The zero-order chi connectivity index (χ0) is 15.8. The minimum atomic E-state index is -3.15. The average Bonchev–Trinajstić information content (AvgIpc) is 3.13. The molecule has 1 aliphatic carbocycles. The number of sulfonamides is 1. The van der Waals surface area contributed by atoms with Crippen molar-refractivity contribution < 1.29 is 8.42 Å². The highest BCUT2D eigenvalue weighted by atomic mass is 32.2. The van der Waals surface area contributed by atoms with E-state index in [9.17, 15) is 8.42 Å². The average molecular weight is 344 g/mol. The summed E-state index contributed by atoms with van der Waals surface area (Å²) in [6.07, 6.45) is 6.64. The summed E-state index contributed by atoms with van der Waals surface area (Å²) < 4.78 is 26.5. The molecule has 1 aromatic heterocycles. The van der Waals surface area contributed by atoms with Gasteiger partial charge >= 0.3 is 0 Å². The van der Waals surface area contributed by atoms with Crippen LogP contribution >= 0.6 is 11.3 Å². The molecule has 1 aliphatic heterocycles. The second-order valence-corrected chi connectivity index (χ2v) is 9.63. The molecule has 1 saturated heterocycles. The first-order valence-corrected chi connectivity index (χ1v) is 10.7. The molecule has 0 aromatic carbocycles. The number of rotatable bonds is 6. The van der Waals surface area contributed by atoms with E-state index >= 15 is 0 Å². The van der Waals surface area contributed by atoms with Crippen molar-refractivity contribution in [3.8, 4) is 0 Å². The number of piperidine rings is 1. The van der Waals surface area contributed by atoms with E-state index < -0.39 is 10.0 Å². The van der Waals surface area contributed by atoms with Crippen LogP contribution in [0.4, 0.5) is 0 Å². The van der Waals surface area contributed by atoms with Gasteiger partial charge in [0.05, 0.1) is 17.5 Å². The standard InChI is InChI=1S/C15H25N3O2S2/c1-12-14(21-11-16-12)10-18-7-5-15(6-8-18,9-13-3-4-13)17-22(2,19)20/h11,13,17H,3-10H2,1-2H3. The lowest BCUT2D eigenvalue weighted by atomic mass is 9.83. The quantitative estimate of drug-likeness (QED) is 0.859. The third-order valence-electron chi connectivity index (χ3n) is 4.80. The molecule has 0 atom stereocenters. The first kappa shape index (κ1) is 16.4. The van der Waals surface area contributed by atoms with Crippen molar-refractivity contribution in [1.29, 1.82) is 0 Å². The van der Waals surface area contributed by atoms with E-state index in [-0.39, 0.29) is 5.54 Å². The van der Waals surface area contributed by atoms with Gasteiger partial charge < -0.3 is 0 Å². The molecule has 5 nitrogen and oxygen atoms in total. The van der Waals surface area contributed by atoms with Gasteiger partial charge in [0.15, 0.2) is 0 Å². The van der Waals surface area contributed by atoms with Gasteiger partial charge in [0.1, 0.15) is 0 Å². The topological polar surface area (TPSA) is 62.3 Å². The molecule has 22 heavy (non-hydrogen) atoms. The molecule has 1 aromatic rings. The van der Waals surface area contributed by atoms with Gasteiger partial charge in [-0.3, -0.25) is 4.90 Å². The Bertz CT molecular complexity index is 614. The summed E-state index contributed by atoms with van der Waals surface area (Å²) in [7, 11) is -3.15. The van der Waals surface area contributed by atoms with Crippen molar-refractivity contribution in [2.75, 3.05) is 19.3 Å². The molecule has 0 spiro atoms. The summed E-state index contributed by atoms with van der Waals surface area (Å²) >= 11 is 1.71. The Kier molecular flexibility index (Phi) is 4.60. The Hall–Kier alpha value is -0.500. The van der Waals surface area contributed by atoms with Crippen LogP contribution in [-0.2, 0) is 16.6 Å². The van der Waals surface area contributed by atoms with Crippen LogP contribution in [0, 0.1) is 12.8 Å². The maximum Gasteiger partial charge on any atom is 0.209 e.